The average Bonchev–Trinajstić information content (AvgIpc) is 3.18. The SMILES string of the molecule is Cc1cc(O)c2c(=O)c(O[C@@H]3O[C@@H](C)[C@H](O)[C@@H](O)[C@H]3O)c(-c3cc(OCc4ccccc4)c(OCc4ccccc4)c(OCc4ccccc4)c3)oc2c1. The molecule has 0 bridgehead atoms. The second kappa shape index (κ2) is 16.0. The molecule has 0 saturated carbocycles. The molecule has 11 heteroatoms. The van der Waals surface area contributed by atoms with Crippen molar-refractivity contribution in [1.82, 2.24) is 0 Å². The van der Waals surface area contributed by atoms with Gasteiger partial charge in [0, 0.05) is 5.56 Å². The summed E-state index contributed by atoms with van der Waals surface area (Å²) in [5.41, 5.74) is 2.87. The second-order valence-corrected chi connectivity index (χ2v) is 13.2. The number of fused-ring (bicyclic) bond motifs is 1. The Balaban J connectivity index is 1.40. The van der Waals surface area contributed by atoms with Crippen LogP contribution in [0.15, 0.2) is 124 Å². The van der Waals surface area contributed by atoms with Gasteiger partial charge in [-0.05, 0) is 60.4 Å². The van der Waals surface area contributed by atoms with Gasteiger partial charge in [-0.1, -0.05) is 91.0 Å². The lowest BCUT2D eigenvalue weighted by molar-refractivity contribution is -0.268. The van der Waals surface area contributed by atoms with Crippen LogP contribution in [0.1, 0.15) is 29.2 Å². The van der Waals surface area contributed by atoms with Gasteiger partial charge in [-0.2, -0.15) is 0 Å². The zero-order chi connectivity index (χ0) is 37.8. The fourth-order valence-corrected chi connectivity index (χ4v) is 6.21. The van der Waals surface area contributed by atoms with E-state index in [2.05, 4.69) is 0 Å². The lowest BCUT2D eigenvalue weighted by Gasteiger charge is -2.38. The van der Waals surface area contributed by atoms with E-state index in [0.717, 1.165) is 16.7 Å². The molecule has 278 valence electrons. The van der Waals surface area contributed by atoms with Gasteiger partial charge >= 0.3 is 0 Å². The minimum atomic E-state index is -1.74. The fourth-order valence-electron chi connectivity index (χ4n) is 6.21. The van der Waals surface area contributed by atoms with Crippen molar-refractivity contribution >= 4 is 11.0 Å². The summed E-state index contributed by atoms with van der Waals surface area (Å²) in [6, 6.07) is 35.0. The third-order valence-corrected chi connectivity index (χ3v) is 9.10. The molecule has 0 radical (unpaired) electrons. The first-order valence-corrected chi connectivity index (χ1v) is 17.5. The Morgan fingerprint density at radius 3 is 1.70 bits per heavy atom. The van der Waals surface area contributed by atoms with Gasteiger partial charge in [0.05, 0.1) is 6.10 Å². The maximum absolute atomic E-state index is 14.3. The topological polar surface area (TPSA) is 157 Å². The summed E-state index contributed by atoms with van der Waals surface area (Å²) >= 11 is 0. The molecule has 1 fully saturated rings. The molecule has 4 N–H and O–H groups in total. The van der Waals surface area contributed by atoms with Gasteiger partial charge in [-0.25, -0.2) is 0 Å². The van der Waals surface area contributed by atoms with Crippen molar-refractivity contribution in [2.75, 3.05) is 0 Å². The molecule has 6 aromatic rings. The van der Waals surface area contributed by atoms with E-state index in [1.807, 2.05) is 91.0 Å². The number of aryl methyl sites for hydroxylation is 1. The number of phenols is 1. The number of hydrogen-bond donors (Lipinski definition) is 4. The van der Waals surface area contributed by atoms with Crippen molar-refractivity contribution in [2.24, 2.45) is 0 Å². The van der Waals surface area contributed by atoms with Crippen LogP contribution >= 0.6 is 0 Å². The van der Waals surface area contributed by atoms with Crippen molar-refractivity contribution in [3.8, 4) is 40.1 Å². The van der Waals surface area contributed by atoms with E-state index in [0.29, 0.717) is 11.3 Å². The highest BCUT2D eigenvalue weighted by Gasteiger charge is 2.44. The summed E-state index contributed by atoms with van der Waals surface area (Å²) < 4.78 is 37.5. The molecule has 7 rings (SSSR count). The normalized spacial score (nSPS) is 19.7. The van der Waals surface area contributed by atoms with E-state index in [1.165, 1.54) is 13.0 Å². The van der Waals surface area contributed by atoms with E-state index in [1.54, 1.807) is 25.1 Å². The Labute approximate surface area is 311 Å². The summed E-state index contributed by atoms with van der Waals surface area (Å²) in [5.74, 6) is -0.0553. The molecule has 1 aliphatic heterocycles. The zero-order valence-corrected chi connectivity index (χ0v) is 29.6. The number of ether oxygens (including phenoxy) is 5. The first-order valence-electron chi connectivity index (χ1n) is 17.5. The lowest BCUT2D eigenvalue weighted by atomic mass is 10.00. The number of aliphatic hydroxyl groups excluding tert-OH is 3. The molecule has 11 nitrogen and oxygen atoms in total. The molecule has 0 aliphatic carbocycles. The van der Waals surface area contributed by atoms with Crippen LogP contribution in [0, 0.1) is 6.92 Å². The summed E-state index contributed by atoms with van der Waals surface area (Å²) in [5, 5.41) is 42.5. The first-order chi connectivity index (χ1) is 26.2. The Bertz CT molecular complexity index is 2190. The summed E-state index contributed by atoms with van der Waals surface area (Å²) in [7, 11) is 0. The molecule has 0 amide bonds. The summed E-state index contributed by atoms with van der Waals surface area (Å²) in [4.78, 5) is 14.3. The van der Waals surface area contributed by atoms with Crippen LogP contribution in [0.4, 0.5) is 0 Å². The van der Waals surface area contributed by atoms with Gasteiger partial charge in [0.15, 0.2) is 17.3 Å². The molecule has 54 heavy (non-hydrogen) atoms. The van der Waals surface area contributed by atoms with E-state index >= 15 is 0 Å². The van der Waals surface area contributed by atoms with Gasteiger partial charge in [-0.3, -0.25) is 4.79 Å². The Morgan fingerprint density at radius 2 is 1.17 bits per heavy atom. The highest BCUT2D eigenvalue weighted by atomic mass is 16.7. The molecule has 0 spiro atoms. The molecule has 2 heterocycles. The summed E-state index contributed by atoms with van der Waals surface area (Å²) in [6.07, 6.45) is -7.34. The van der Waals surface area contributed by atoms with Crippen molar-refractivity contribution in [3.63, 3.8) is 0 Å². The molecule has 5 atom stereocenters. The van der Waals surface area contributed by atoms with E-state index in [9.17, 15) is 25.2 Å². The van der Waals surface area contributed by atoms with Crippen LogP contribution in [0.3, 0.4) is 0 Å². The first kappa shape index (κ1) is 36.5. The molecular formula is C43H40O11. The third kappa shape index (κ3) is 7.90. The Hall–Kier alpha value is -5.85. The lowest BCUT2D eigenvalue weighted by Crippen LogP contribution is -2.58. The minimum Gasteiger partial charge on any atom is -0.507 e. The van der Waals surface area contributed by atoms with Crippen molar-refractivity contribution in [2.45, 2.75) is 64.4 Å². The Kier molecular flexibility index (Phi) is 10.8. The molecular weight excluding hydrogens is 692 g/mol. The number of phenolic OH excluding ortho intramolecular Hbond substituents is 1. The highest BCUT2D eigenvalue weighted by Crippen LogP contribution is 2.45. The smallest absolute Gasteiger partial charge is 0.239 e. The van der Waals surface area contributed by atoms with Crippen molar-refractivity contribution in [1.29, 1.82) is 0 Å². The number of benzene rings is 5. The van der Waals surface area contributed by atoms with Crippen molar-refractivity contribution in [3.05, 3.63) is 148 Å². The molecule has 0 unspecified atom stereocenters. The molecule has 5 aromatic carbocycles. The van der Waals surface area contributed by atoms with Crippen LogP contribution in [0.25, 0.3) is 22.3 Å². The standard InChI is InChI=1S/C43H40O11/c1-25-18-31(44)35-32(19-25)53-40(42(37(35)46)54-43-39(48)38(47)36(45)26(2)52-43)30-20-33(49-22-27-12-6-3-7-13-27)41(51-24-29-16-10-5-11-17-29)34(21-30)50-23-28-14-8-4-9-15-28/h3-21,26,36,38-39,43-45,47-48H,22-24H2,1-2H3/t26-,36-,38+,39+,43-/m0/s1. The van der Waals surface area contributed by atoms with Crippen LogP contribution in [-0.2, 0) is 24.6 Å². The monoisotopic (exact) mass is 732 g/mol. The maximum atomic E-state index is 14.3. The van der Waals surface area contributed by atoms with Gasteiger partial charge in [0.1, 0.15) is 54.9 Å². The van der Waals surface area contributed by atoms with Crippen LogP contribution < -0.4 is 24.4 Å². The van der Waals surface area contributed by atoms with Gasteiger partial charge in [0.2, 0.25) is 23.2 Å². The summed E-state index contributed by atoms with van der Waals surface area (Å²) in [6.45, 7) is 3.73. The molecule has 1 aliphatic rings. The van der Waals surface area contributed by atoms with E-state index in [4.69, 9.17) is 28.1 Å². The predicted octanol–water partition coefficient (Wildman–Crippen LogP) is 6.42. The van der Waals surface area contributed by atoms with E-state index < -0.39 is 41.9 Å². The number of aliphatic hydroxyl groups is 3. The largest absolute Gasteiger partial charge is 0.507 e. The van der Waals surface area contributed by atoms with Crippen LogP contribution in [0.5, 0.6) is 28.7 Å². The minimum absolute atomic E-state index is 0.0664. The van der Waals surface area contributed by atoms with Crippen molar-refractivity contribution < 1.29 is 48.5 Å². The van der Waals surface area contributed by atoms with Gasteiger partial charge in [0.25, 0.3) is 0 Å². The molecule has 1 saturated heterocycles. The van der Waals surface area contributed by atoms with Gasteiger partial charge < -0.3 is 48.5 Å². The van der Waals surface area contributed by atoms with Crippen LogP contribution in [0.2, 0.25) is 0 Å². The van der Waals surface area contributed by atoms with Crippen LogP contribution in [-0.4, -0.2) is 51.1 Å². The second-order valence-electron chi connectivity index (χ2n) is 13.2. The number of aromatic hydroxyl groups is 1. The highest BCUT2D eigenvalue weighted by molar-refractivity contribution is 5.88. The van der Waals surface area contributed by atoms with E-state index in [-0.39, 0.29) is 59.4 Å². The quantitative estimate of drug-likeness (QED) is 0.110. The fraction of sp³-hybridized carbons (Fsp3) is 0.233. The molecule has 1 aromatic heterocycles. The average molecular weight is 733 g/mol. The number of hydrogen-bond acceptors (Lipinski definition) is 11. The third-order valence-electron chi connectivity index (χ3n) is 9.10. The number of rotatable bonds is 12. The Morgan fingerprint density at radius 1 is 0.648 bits per heavy atom. The predicted molar refractivity (Wildman–Crippen MR) is 200 cm³/mol. The maximum Gasteiger partial charge on any atom is 0.239 e. The zero-order valence-electron chi connectivity index (χ0n) is 29.6. The van der Waals surface area contributed by atoms with Gasteiger partial charge in [-0.15, -0.1) is 0 Å².